The van der Waals surface area contributed by atoms with Gasteiger partial charge in [-0.1, -0.05) is 0 Å². The van der Waals surface area contributed by atoms with Crippen LogP contribution in [0.25, 0.3) is 0 Å². The molecule has 4 nitrogen and oxygen atoms in total. The van der Waals surface area contributed by atoms with Crippen molar-refractivity contribution in [2.24, 2.45) is 5.73 Å². The summed E-state index contributed by atoms with van der Waals surface area (Å²) in [6.45, 7) is 5.13. The molecule has 0 unspecified atom stereocenters. The molecule has 2 rings (SSSR count). The quantitative estimate of drug-likeness (QED) is 0.870. The Bertz CT molecular complexity index is 410. The fraction of sp³-hybridized carbons (Fsp3) is 0.538. The summed E-state index contributed by atoms with van der Waals surface area (Å²) in [5.74, 6) is 2.32. The molecule has 0 bridgehead atoms. The Morgan fingerprint density at radius 2 is 2.00 bits per heavy atom. The molecular weight excluding hydrogens is 218 g/mol. The van der Waals surface area contributed by atoms with Crippen molar-refractivity contribution in [3.63, 3.8) is 0 Å². The highest BCUT2D eigenvalue weighted by atomic mass is 16.6. The lowest BCUT2D eigenvalue weighted by Crippen LogP contribution is -2.34. The second-order valence-electron chi connectivity index (χ2n) is 4.98. The molecular formula is C13H19NO3. The van der Waals surface area contributed by atoms with Gasteiger partial charge in [0.2, 0.25) is 0 Å². The molecule has 0 aromatic heterocycles. The summed E-state index contributed by atoms with van der Waals surface area (Å²) in [5, 5.41) is 0. The fourth-order valence-electron chi connectivity index (χ4n) is 1.94. The van der Waals surface area contributed by atoms with Gasteiger partial charge in [-0.05, 0) is 26.3 Å². The van der Waals surface area contributed by atoms with Crippen molar-refractivity contribution in [1.82, 2.24) is 0 Å². The number of hydrogen-bond donors (Lipinski definition) is 1. The zero-order valence-corrected chi connectivity index (χ0v) is 10.6. The molecule has 4 heteroatoms. The van der Waals surface area contributed by atoms with Gasteiger partial charge < -0.3 is 19.9 Å². The number of hydrogen-bond acceptors (Lipinski definition) is 4. The highest BCUT2D eigenvalue weighted by Crippen LogP contribution is 2.38. The van der Waals surface area contributed by atoms with Gasteiger partial charge in [0.1, 0.15) is 19.0 Å². The second-order valence-corrected chi connectivity index (χ2v) is 4.98. The third-order valence-electron chi connectivity index (χ3n) is 2.57. The Morgan fingerprint density at radius 3 is 2.65 bits per heavy atom. The Kier molecular flexibility index (Phi) is 3.15. The van der Waals surface area contributed by atoms with Crippen LogP contribution in [-0.4, -0.2) is 25.9 Å². The van der Waals surface area contributed by atoms with Crippen LogP contribution >= 0.6 is 0 Å². The monoisotopic (exact) mass is 237 g/mol. The van der Waals surface area contributed by atoms with Gasteiger partial charge in [-0.15, -0.1) is 0 Å². The number of methoxy groups -OCH3 is 1. The van der Waals surface area contributed by atoms with E-state index in [0.29, 0.717) is 13.2 Å². The Balaban J connectivity index is 2.41. The van der Waals surface area contributed by atoms with Crippen molar-refractivity contribution in [2.45, 2.75) is 25.8 Å². The van der Waals surface area contributed by atoms with Gasteiger partial charge in [0, 0.05) is 17.2 Å². The highest BCUT2D eigenvalue weighted by molar-refractivity contribution is 5.53. The van der Waals surface area contributed by atoms with E-state index in [1.807, 2.05) is 26.0 Å². The summed E-state index contributed by atoms with van der Waals surface area (Å²) >= 11 is 0. The predicted octanol–water partition coefficient (Wildman–Crippen LogP) is 1.75. The minimum Gasteiger partial charge on any atom is -0.497 e. The normalized spacial score (nSPS) is 14.6. The zero-order chi connectivity index (χ0) is 12.5. The van der Waals surface area contributed by atoms with E-state index in [0.717, 1.165) is 29.2 Å². The van der Waals surface area contributed by atoms with Crippen LogP contribution in [0.2, 0.25) is 0 Å². The minimum atomic E-state index is -0.291. The Morgan fingerprint density at radius 1 is 1.29 bits per heavy atom. The van der Waals surface area contributed by atoms with Crippen molar-refractivity contribution in [3.05, 3.63) is 17.7 Å². The van der Waals surface area contributed by atoms with E-state index in [2.05, 4.69) is 0 Å². The van der Waals surface area contributed by atoms with Gasteiger partial charge >= 0.3 is 0 Å². The van der Waals surface area contributed by atoms with Crippen LogP contribution in [0.3, 0.4) is 0 Å². The van der Waals surface area contributed by atoms with Crippen molar-refractivity contribution >= 4 is 0 Å². The van der Waals surface area contributed by atoms with Gasteiger partial charge in [-0.2, -0.15) is 0 Å². The molecule has 2 N–H and O–H groups in total. The molecule has 1 aromatic carbocycles. The first-order chi connectivity index (χ1) is 7.99. The first kappa shape index (κ1) is 12.0. The average Bonchev–Trinajstić information content (AvgIpc) is 2.26. The van der Waals surface area contributed by atoms with Crippen molar-refractivity contribution in [3.8, 4) is 17.2 Å². The number of benzene rings is 1. The molecule has 0 saturated heterocycles. The van der Waals surface area contributed by atoms with E-state index in [1.54, 1.807) is 7.11 Å². The van der Waals surface area contributed by atoms with Crippen LogP contribution < -0.4 is 19.9 Å². The minimum absolute atomic E-state index is 0.291. The first-order valence-electron chi connectivity index (χ1n) is 5.75. The smallest absolute Gasteiger partial charge is 0.165 e. The van der Waals surface area contributed by atoms with E-state index >= 15 is 0 Å². The van der Waals surface area contributed by atoms with E-state index in [4.69, 9.17) is 19.9 Å². The molecule has 0 radical (unpaired) electrons. The fourth-order valence-corrected chi connectivity index (χ4v) is 1.94. The van der Waals surface area contributed by atoms with Crippen molar-refractivity contribution in [1.29, 1.82) is 0 Å². The van der Waals surface area contributed by atoms with Gasteiger partial charge in [0.25, 0.3) is 0 Å². The van der Waals surface area contributed by atoms with E-state index in [-0.39, 0.29) is 5.54 Å². The molecule has 0 fully saturated rings. The van der Waals surface area contributed by atoms with E-state index < -0.39 is 0 Å². The largest absolute Gasteiger partial charge is 0.497 e. The topological polar surface area (TPSA) is 53.7 Å². The molecule has 1 heterocycles. The van der Waals surface area contributed by atoms with Gasteiger partial charge in [0.15, 0.2) is 11.5 Å². The number of ether oxygens (including phenoxy) is 3. The summed E-state index contributed by atoms with van der Waals surface area (Å²) in [7, 11) is 1.64. The third-order valence-corrected chi connectivity index (χ3v) is 2.57. The molecule has 1 aliphatic rings. The first-order valence-corrected chi connectivity index (χ1v) is 5.75. The van der Waals surface area contributed by atoms with Crippen LogP contribution in [0.5, 0.6) is 17.2 Å². The van der Waals surface area contributed by atoms with Gasteiger partial charge in [0.05, 0.1) is 7.11 Å². The van der Waals surface area contributed by atoms with Crippen molar-refractivity contribution in [2.75, 3.05) is 20.3 Å². The molecule has 94 valence electrons. The highest BCUT2D eigenvalue weighted by Gasteiger charge is 2.22. The van der Waals surface area contributed by atoms with Crippen LogP contribution in [0.15, 0.2) is 12.1 Å². The van der Waals surface area contributed by atoms with Crippen LogP contribution in [0, 0.1) is 0 Å². The zero-order valence-electron chi connectivity index (χ0n) is 10.6. The van der Waals surface area contributed by atoms with Gasteiger partial charge in [-0.25, -0.2) is 0 Å². The second kappa shape index (κ2) is 4.45. The molecule has 0 amide bonds. The maximum absolute atomic E-state index is 6.05. The average molecular weight is 237 g/mol. The molecule has 1 aromatic rings. The standard InChI is InChI=1S/C13H19NO3/c1-13(2,14)8-9-6-10(15-3)7-11-12(9)17-5-4-16-11/h6-7H,4-5,8,14H2,1-3H3. The molecule has 1 aliphatic heterocycles. The predicted molar refractivity (Wildman–Crippen MR) is 66.0 cm³/mol. The van der Waals surface area contributed by atoms with E-state index in [1.165, 1.54) is 0 Å². The lowest BCUT2D eigenvalue weighted by atomic mass is 9.95. The molecule has 17 heavy (non-hydrogen) atoms. The molecule has 0 aliphatic carbocycles. The van der Waals surface area contributed by atoms with Crippen LogP contribution in [0.4, 0.5) is 0 Å². The SMILES string of the molecule is COc1cc(CC(C)(C)N)c2c(c1)OCCO2. The molecule has 0 saturated carbocycles. The third kappa shape index (κ3) is 2.82. The summed E-state index contributed by atoms with van der Waals surface area (Å²) in [6.07, 6.45) is 0.718. The summed E-state index contributed by atoms with van der Waals surface area (Å²) in [6, 6.07) is 3.81. The summed E-state index contributed by atoms with van der Waals surface area (Å²) in [5.41, 5.74) is 6.80. The lowest BCUT2D eigenvalue weighted by Gasteiger charge is -2.25. The Hall–Kier alpha value is -1.42. The lowest BCUT2D eigenvalue weighted by molar-refractivity contribution is 0.168. The van der Waals surface area contributed by atoms with E-state index in [9.17, 15) is 0 Å². The maximum atomic E-state index is 6.05. The summed E-state index contributed by atoms with van der Waals surface area (Å²) < 4.78 is 16.5. The number of nitrogens with two attached hydrogens (primary N) is 1. The Labute approximate surface area is 102 Å². The van der Waals surface area contributed by atoms with Gasteiger partial charge in [-0.3, -0.25) is 0 Å². The van der Waals surface area contributed by atoms with Crippen molar-refractivity contribution < 1.29 is 14.2 Å². The van der Waals surface area contributed by atoms with Crippen LogP contribution in [-0.2, 0) is 6.42 Å². The molecule has 0 atom stereocenters. The number of rotatable bonds is 3. The maximum Gasteiger partial charge on any atom is 0.165 e. The summed E-state index contributed by atoms with van der Waals surface area (Å²) in [4.78, 5) is 0. The van der Waals surface area contributed by atoms with Crippen LogP contribution in [0.1, 0.15) is 19.4 Å². The molecule has 0 spiro atoms. The number of fused-ring (bicyclic) bond motifs is 1.